The van der Waals surface area contributed by atoms with Crippen molar-refractivity contribution >= 4 is 44.1 Å². The SMILES string of the molecule is O=C1C(=O)N(c2nc3ccccc3s2)C(c2ccc3c(c2)OCO3)/C1=C(\O)c1ccccc1. The third kappa shape index (κ3) is 3.07. The van der Waals surface area contributed by atoms with Gasteiger partial charge in [0.2, 0.25) is 6.79 Å². The molecule has 1 saturated heterocycles. The highest BCUT2D eigenvalue weighted by molar-refractivity contribution is 7.22. The third-order valence-corrected chi connectivity index (χ3v) is 6.73. The number of anilines is 1. The van der Waals surface area contributed by atoms with Gasteiger partial charge >= 0.3 is 5.91 Å². The number of benzene rings is 3. The average molecular weight is 456 g/mol. The van der Waals surface area contributed by atoms with E-state index in [-0.39, 0.29) is 18.1 Å². The molecule has 6 rings (SSSR count). The van der Waals surface area contributed by atoms with E-state index >= 15 is 0 Å². The number of carbonyl (C=O) groups excluding carboxylic acids is 2. The monoisotopic (exact) mass is 456 g/mol. The Hall–Kier alpha value is -4.17. The second-order valence-electron chi connectivity index (χ2n) is 7.61. The van der Waals surface area contributed by atoms with Crippen LogP contribution in [0.2, 0.25) is 0 Å². The zero-order valence-corrected chi connectivity index (χ0v) is 17.9. The summed E-state index contributed by atoms with van der Waals surface area (Å²) in [6.07, 6.45) is 0. The number of aliphatic hydroxyl groups excluding tert-OH is 1. The predicted molar refractivity (Wildman–Crippen MR) is 123 cm³/mol. The van der Waals surface area contributed by atoms with Crippen molar-refractivity contribution in [2.24, 2.45) is 0 Å². The highest BCUT2D eigenvalue weighted by Gasteiger charge is 2.48. The van der Waals surface area contributed by atoms with Crippen LogP contribution in [0.25, 0.3) is 16.0 Å². The molecule has 0 bridgehead atoms. The zero-order valence-electron chi connectivity index (χ0n) is 17.1. The number of ketones is 1. The van der Waals surface area contributed by atoms with E-state index in [0.29, 0.717) is 27.8 Å². The maximum absolute atomic E-state index is 13.3. The molecule has 2 aliphatic rings. The lowest BCUT2D eigenvalue weighted by molar-refractivity contribution is -0.132. The molecule has 7 nitrogen and oxygen atoms in total. The largest absolute Gasteiger partial charge is 0.507 e. The van der Waals surface area contributed by atoms with Crippen molar-refractivity contribution in [3.63, 3.8) is 0 Å². The molecule has 1 unspecified atom stereocenters. The van der Waals surface area contributed by atoms with E-state index < -0.39 is 17.7 Å². The van der Waals surface area contributed by atoms with Crippen LogP contribution in [0.15, 0.2) is 78.4 Å². The minimum atomic E-state index is -0.875. The number of aromatic nitrogens is 1. The molecule has 1 N–H and O–H groups in total. The molecule has 1 aromatic heterocycles. The van der Waals surface area contributed by atoms with Gasteiger partial charge in [-0.1, -0.05) is 59.9 Å². The number of aliphatic hydroxyl groups is 1. The number of hydrogen-bond donors (Lipinski definition) is 1. The number of carbonyl (C=O) groups is 2. The van der Waals surface area contributed by atoms with Gasteiger partial charge in [0.25, 0.3) is 5.78 Å². The van der Waals surface area contributed by atoms with Gasteiger partial charge in [-0.25, -0.2) is 4.98 Å². The number of ether oxygens (including phenoxy) is 2. The molecule has 4 aromatic rings. The Balaban J connectivity index is 1.58. The fourth-order valence-electron chi connectivity index (χ4n) is 4.14. The van der Waals surface area contributed by atoms with Gasteiger partial charge in [0.05, 0.1) is 21.8 Å². The van der Waals surface area contributed by atoms with Crippen LogP contribution < -0.4 is 14.4 Å². The molecular formula is C25H16N2O5S. The maximum Gasteiger partial charge on any atom is 0.301 e. The molecule has 0 aliphatic carbocycles. The molecule has 0 spiro atoms. The Morgan fingerprint density at radius 1 is 0.970 bits per heavy atom. The predicted octanol–water partition coefficient (Wildman–Crippen LogP) is 4.65. The molecule has 1 amide bonds. The molecule has 0 saturated carbocycles. The van der Waals surface area contributed by atoms with Crippen LogP contribution in [-0.2, 0) is 9.59 Å². The first kappa shape index (κ1) is 19.5. The van der Waals surface area contributed by atoms with Crippen molar-refractivity contribution < 1.29 is 24.2 Å². The van der Waals surface area contributed by atoms with E-state index in [1.807, 2.05) is 30.3 Å². The van der Waals surface area contributed by atoms with Crippen molar-refractivity contribution in [3.05, 3.63) is 89.5 Å². The summed E-state index contributed by atoms with van der Waals surface area (Å²) in [6, 6.07) is 20.6. The first-order valence-corrected chi connectivity index (χ1v) is 11.0. The van der Waals surface area contributed by atoms with Gasteiger partial charge in [-0.2, -0.15) is 0 Å². The van der Waals surface area contributed by atoms with Crippen molar-refractivity contribution in [1.82, 2.24) is 4.98 Å². The minimum Gasteiger partial charge on any atom is -0.507 e. The lowest BCUT2D eigenvalue weighted by atomic mass is 9.95. The first-order chi connectivity index (χ1) is 16.1. The summed E-state index contributed by atoms with van der Waals surface area (Å²) < 4.78 is 11.8. The molecule has 2 aliphatic heterocycles. The van der Waals surface area contributed by atoms with E-state index in [1.165, 1.54) is 16.2 Å². The fraction of sp³-hybridized carbons (Fsp3) is 0.0800. The Bertz CT molecular complexity index is 1430. The molecule has 0 radical (unpaired) electrons. The second-order valence-corrected chi connectivity index (χ2v) is 8.62. The van der Waals surface area contributed by atoms with Crippen molar-refractivity contribution in [3.8, 4) is 11.5 Å². The molecule has 3 heterocycles. The van der Waals surface area contributed by atoms with Crippen LogP contribution >= 0.6 is 11.3 Å². The van der Waals surface area contributed by atoms with Crippen LogP contribution in [0.5, 0.6) is 11.5 Å². The third-order valence-electron chi connectivity index (χ3n) is 5.69. The summed E-state index contributed by atoms with van der Waals surface area (Å²) in [6.45, 7) is 0.0981. The smallest absolute Gasteiger partial charge is 0.301 e. The normalized spacial score (nSPS) is 18.9. The van der Waals surface area contributed by atoms with Gasteiger partial charge in [0.1, 0.15) is 5.76 Å². The molecule has 1 atom stereocenters. The standard InChI is InChI=1S/C25H16N2O5S/c28-22(14-6-2-1-3-7-14)20-21(15-10-11-17-18(12-15)32-13-31-17)27(24(30)23(20)29)25-26-16-8-4-5-9-19(16)33-25/h1-12,21,28H,13H2/b22-20+. The Kier molecular flexibility index (Phi) is 4.41. The number of amides is 1. The number of fused-ring (bicyclic) bond motifs is 2. The molecular weight excluding hydrogens is 440 g/mol. The summed E-state index contributed by atoms with van der Waals surface area (Å²) in [5.41, 5.74) is 1.79. The number of hydrogen-bond acceptors (Lipinski definition) is 7. The molecule has 162 valence electrons. The van der Waals surface area contributed by atoms with E-state index in [2.05, 4.69) is 4.98 Å². The van der Waals surface area contributed by atoms with Gasteiger partial charge in [-0.05, 0) is 29.8 Å². The lowest BCUT2D eigenvalue weighted by Crippen LogP contribution is -2.29. The number of thiazole rings is 1. The quantitative estimate of drug-likeness (QED) is 0.274. The van der Waals surface area contributed by atoms with Crippen LogP contribution in [0.1, 0.15) is 17.2 Å². The maximum atomic E-state index is 13.3. The summed E-state index contributed by atoms with van der Waals surface area (Å²) in [5.74, 6) is -0.645. The van der Waals surface area contributed by atoms with Crippen LogP contribution in [0, 0.1) is 0 Å². The van der Waals surface area contributed by atoms with Gasteiger partial charge in [-0.3, -0.25) is 14.5 Å². The molecule has 33 heavy (non-hydrogen) atoms. The Morgan fingerprint density at radius 2 is 1.73 bits per heavy atom. The van der Waals surface area contributed by atoms with E-state index in [0.717, 1.165) is 10.2 Å². The van der Waals surface area contributed by atoms with Crippen molar-refractivity contribution in [2.75, 3.05) is 11.7 Å². The lowest BCUT2D eigenvalue weighted by Gasteiger charge is -2.23. The van der Waals surface area contributed by atoms with E-state index in [9.17, 15) is 14.7 Å². The molecule has 8 heteroatoms. The summed E-state index contributed by atoms with van der Waals surface area (Å²) in [4.78, 5) is 32.5. The zero-order chi connectivity index (χ0) is 22.5. The minimum absolute atomic E-state index is 0.00400. The van der Waals surface area contributed by atoms with Gasteiger partial charge in [0.15, 0.2) is 16.6 Å². The van der Waals surface area contributed by atoms with Crippen molar-refractivity contribution in [1.29, 1.82) is 0 Å². The van der Waals surface area contributed by atoms with Gasteiger partial charge in [0, 0.05) is 5.56 Å². The summed E-state index contributed by atoms with van der Waals surface area (Å²) >= 11 is 1.32. The highest BCUT2D eigenvalue weighted by atomic mass is 32.1. The highest BCUT2D eigenvalue weighted by Crippen LogP contribution is 2.46. The van der Waals surface area contributed by atoms with Gasteiger partial charge < -0.3 is 14.6 Å². The van der Waals surface area contributed by atoms with E-state index in [1.54, 1.807) is 42.5 Å². The van der Waals surface area contributed by atoms with Gasteiger partial charge in [-0.15, -0.1) is 0 Å². The van der Waals surface area contributed by atoms with Crippen LogP contribution in [0.3, 0.4) is 0 Å². The van der Waals surface area contributed by atoms with Crippen LogP contribution in [-0.4, -0.2) is 28.6 Å². The molecule has 3 aromatic carbocycles. The molecule has 1 fully saturated rings. The van der Waals surface area contributed by atoms with Crippen LogP contribution in [0.4, 0.5) is 5.13 Å². The average Bonchev–Trinajstić information content (AvgIpc) is 3.55. The number of para-hydroxylation sites is 1. The van der Waals surface area contributed by atoms with Crippen molar-refractivity contribution in [2.45, 2.75) is 6.04 Å². The number of nitrogens with zero attached hydrogens (tertiary/aromatic N) is 2. The first-order valence-electron chi connectivity index (χ1n) is 10.2. The fourth-order valence-corrected chi connectivity index (χ4v) is 5.14. The second kappa shape index (κ2) is 7.46. The summed E-state index contributed by atoms with van der Waals surface area (Å²) in [5, 5.41) is 11.5. The van der Waals surface area contributed by atoms with E-state index in [4.69, 9.17) is 9.47 Å². The Morgan fingerprint density at radius 3 is 2.55 bits per heavy atom. The topological polar surface area (TPSA) is 89.0 Å². The Labute approximate surface area is 192 Å². The number of rotatable bonds is 3. The summed E-state index contributed by atoms with van der Waals surface area (Å²) in [7, 11) is 0. The number of Topliss-reactive ketones (excluding diaryl/α,β-unsaturated/α-hetero) is 1.